The smallest absolute Gasteiger partial charge is 0.266 e. The van der Waals surface area contributed by atoms with Crippen LogP contribution in [0.5, 0.6) is 0 Å². The van der Waals surface area contributed by atoms with Gasteiger partial charge in [0, 0.05) is 23.3 Å². The fraction of sp³-hybridized carbons (Fsp3) is 0.300. The first-order valence-corrected chi connectivity index (χ1v) is 10.9. The van der Waals surface area contributed by atoms with Crippen LogP contribution in [-0.4, -0.2) is 31.6 Å². The summed E-state index contributed by atoms with van der Waals surface area (Å²) in [7, 11) is -2.69. The van der Waals surface area contributed by atoms with Crippen LogP contribution in [0.4, 0.5) is 5.69 Å². The third-order valence-corrected chi connectivity index (χ3v) is 7.53. The third-order valence-electron chi connectivity index (χ3n) is 5.35. The Balaban J connectivity index is 1.86. The fourth-order valence-corrected chi connectivity index (χ4v) is 5.64. The van der Waals surface area contributed by atoms with Crippen molar-refractivity contribution in [2.24, 2.45) is 0 Å². The summed E-state index contributed by atoms with van der Waals surface area (Å²) < 4.78 is 26.8. The van der Waals surface area contributed by atoms with Crippen LogP contribution < -0.4 is 5.32 Å². The molecule has 2 amide bonds. The van der Waals surface area contributed by atoms with Crippen LogP contribution in [0.1, 0.15) is 39.9 Å². The Morgan fingerprint density at radius 1 is 1.11 bits per heavy atom. The van der Waals surface area contributed by atoms with Crippen LogP contribution >= 0.6 is 11.6 Å². The van der Waals surface area contributed by atoms with E-state index in [0.717, 1.165) is 34.7 Å². The summed E-state index contributed by atoms with van der Waals surface area (Å²) in [4.78, 5) is 25.5. The van der Waals surface area contributed by atoms with Crippen molar-refractivity contribution in [3.8, 4) is 0 Å². The van der Waals surface area contributed by atoms with Crippen LogP contribution in [-0.2, 0) is 34.1 Å². The molecule has 1 aliphatic heterocycles. The first-order valence-electron chi connectivity index (χ1n) is 9.05. The van der Waals surface area contributed by atoms with E-state index in [9.17, 15) is 18.0 Å². The second-order valence-corrected chi connectivity index (χ2v) is 9.42. The lowest BCUT2D eigenvalue weighted by Crippen LogP contribution is -2.41. The van der Waals surface area contributed by atoms with Crippen molar-refractivity contribution in [3.63, 3.8) is 0 Å². The Morgan fingerprint density at radius 3 is 2.50 bits per heavy atom. The topological polar surface area (TPSA) is 83.6 Å². The second-order valence-electron chi connectivity index (χ2n) is 7.08. The molecule has 28 heavy (non-hydrogen) atoms. The fourth-order valence-electron chi connectivity index (χ4n) is 3.87. The van der Waals surface area contributed by atoms with Crippen molar-refractivity contribution in [1.29, 1.82) is 0 Å². The van der Waals surface area contributed by atoms with Gasteiger partial charge in [-0.1, -0.05) is 11.6 Å². The Labute approximate surface area is 168 Å². The molecular formula is C20H19ClN2O4S. The number of likely N-dealkylation sites (N-methyl/N-ethyl adjacent to an activating group) is 1. The van der Waals surface area contributed by atoms with Gasteiger partial charge in [-0.25, -0.2) is 12.7 Å². The summed E-state index contributed by atoms with van der Waals surface area (Å²) in [5, 5.41) is 3.32. The van der Waals surface area contributed by atoms with E-state index in [-0.39, 0.29) is 16.9 Å². The molecule has 0 aromatic heterocycles. The highest BCUT2D eigenvalue weighted by Gasteiger charge is 2.39. The van der Waals surface area contributed by atoms with Gasteiger partial charge in [-0.2, -0.15) is 0 Å². The predicted molar refractivity (Wildman–Crippen MR) is 106 cm³/mol. The third kappa shape index (κ3) is 3.08. The molecule has 1 N–H and O–H groups in total. The number of rotatable bonds is 2. The number of carbonyl (C=O) groups excluding carboxylic acids is 2. The van der Waals surface area contributed by atoms with Gasteiger partial charge in [0.15, 0.2) is 0 Å². The molecule has 8 heteroatoms. The van der Waals surface area contributed by atoms with Crippen molar-refractivity contribution in [2.75, 3.05) is 12.4 Å². The van der Waals surface area contributed by atoms with Gasteiger partial charge in [0.05, 0.1) is 11.3 Å². The lowest BCUT2D eigenvalue weighted by molar-refractivity contribution is -0.125. The highest BCUT2D eigenvalue weighted by Crippen LogP contribution is 2.37. The number of aryl methyl sites for hydroxylation is 1. The van der Waals surface area contributed by atoms with E-state index in [2.05, 4.69) is 5.32 Å². The number of hydrogen-bond acceptors (Lipinski definition) is 4. The average Bonchev–Trinajstić information content (AvgIpc) is 2.67. The zero-order chi connectivity index (χ0) is 20.1. The minimum Gasteiger partial charge on any atom is -0.322 e. The molecule has 0 fully saturated rings. The normalized spacial score (nSPS) is 17.6. The summed E-state index contributed by atoms with van der Waals surface area (Å²) in [5.74, 6) is -0.969. The Morgan fingerprint density at radius 2 is 1.79 bits per heavy atom. The van der Waals surface area contributed by atoms with Crippen molar-refractivity contribution in [2.45, 2.75) is 37.0 Å². The molecule has 0 unspecified atom stereocenters. The van der Waals surface area contributed by atoms with Crippen LogP contribution in [0.2, 0.25) is 5.02 Å². The zero-order valence-electron chi connectivity index (χ0n) is 15.3. The SMILES string of the molecule is CN1C(=O)Cc2c(C(=O)Nc3ccc(Cl)cc3)cc3c(c2S1(=O)=O)CCCC3. The van der Waals surface area contributed by atoms with Crippen LogP contribution in [0.25, 0.3) is 0 Å². The highest BCUT2D eigenvalue weighted by atomic mass is 35.5. The number of sulfonamides is 1. The summed E-state index contributed by atoms with van der Waals surface area (Å²) in [6, 6.07) is 8.40. The molecule has 0 saturated carbocycles. The Kier molecular flexibility index (Phi) is 4.67. The molecule has 0 atom stereocenters. The molecule has 2 aliphatic rings. The summed E-state index contributed by atoms with van der Waals surface area (Å²) >= 11 is 5.88. The van der Waals surface area contributed by atoms with E-state index in [1.807, 2.05) is 0 Å². The predicted octanol–water partition coefficient (Wildman–Crippen LogP) is 3.17. The van der Waals surface area contributed by atoms with Crippen molar-refractivity contribution >= 4 is 39.1 Å². The zero-order valence-corrected chi connectivity index (χ0v) is 16.9. The molecule has 1 aliphatic carbocycles. The molecule has 1 heterocycles. The van der Waals surface area contributed by atoms with Gasteiger partial charge in [0.2, 0.25) is 5.91 Å². The number of anilines is 1. The maximum absolute atomic E-state index is 13.0. The van der Waals surface area contributed by atoms with E-state index < -0.39 is 21.8 Å². The lowest BCUT2D eigenvalue weighted by atomic mass is 9.86. The van der Waals surface area contributed by atoms with Gasteiger partial charge in [0.25, 0.3) is 15.9 Å². The maximum atomic E-state index is 13.0. The monoisotopic (exact) mass is 418 g/mol. The quantitative estimate of drug-likeness (QED) is 0.811. The van der Waals surface area contributed by atoms with Crippen molar-refractivity contribution < 1.29 is 18.0 Å². The molecule has 4 rings (SSSR count). The van der Waals surface area contributed by atoms with Crippen molar-refractivity contribution in [1.82, 2.24) is 4.31 Å². The molecule has 0 radical (unpaired) electrons. The molecular weight excluding hydrogens is 400 g/mol. The Bertz CT molecular complexity index is 1090. The number of halogens is 1. The van der Waals surface area contributed by atoms with E-state index in [4.69, 9.17) is 11.6 Å². The lowest BCUT2D eigenvalue weighted by Gasteiger charge is -2.31. The number of hydrogen-bond donors (Lipinski definition) is 1. The van der Waals surface area contributed by atoms with Crippen LogP contribution in [0, 0.1) is 0 Å². The second kappa shape index (κ2) is 6.90. The number of amides is 2. The molecule has 2 aromatic rings. The highest BCUT2D eigenvalue weighted by molar-refractivity contribution is 7.89. The van der Waals surface area contributed by atoms with Gasteiger partial charge in [-0.3, -0.25) is 9.59 Å². The first kappa shape index (κ1) is 19.0. The van der Waals surface area contributed by atoms with Gasteiger partial charge in [-0.15, -0.1) is 0 Å². The van der Waals surface area contributed by atoms with Crippen LogP contribution in [0.3, 0.4) is 0 Å². The van der Waals surface area contributed by atoms with Crippen molar-refractivity contribution in [3.05, 3.63) is 57.6 Å². The summed E-state index contributed by atoms with van der Waals surface area (Å²) in [5.41, 5.74) is 2.72. The standard InChI is InChI=1S/C20H19ClN2O4S/c1-23-18(24)11-16-17(20(25)22-14-8-6-13(21)7-9-14)10-12-4-2-3-5-15(12)19(16)28(23,26)27/h6-10H,2-5,11H2,1H3,(H,22,25). The summed E-state index contributed by atoms with van der Waals surface area (Å²) in [6.45, 7) is 0. The number of nitrogens with one attached hydrogen (secondary N) is 1. The minimum atomic E-state index is -3.96. The maximum Gasteiger partial charge on any atom is 0.266 e. The molecule has 0 spiro atoms. The van der Waals surface area contributed by atoms with Gasteiger partial charge in [0.1, 0.15) is 0 Å². The molecule has 0 bridgehead atoms. The van der Waals surface area contributed by atoms with E-state index in [1.54, 1.807) is 30.3 Å². The van der Waals surface area contributed by atoms with E-state index in [1.165, 1.54) is 7.05 Å². The number of benzene rings is 2. The Hall–Kier alpha value is -2.38. The van der Waals surface area contributed by atoms with Gasteiger partial charge in [-0.05, 0) is 72.7 Å². The minimum absolute atomic E-state index is 0.109. The number of carbonyl (C=O) groups is 2. The van der Waals surface area contributed by atoms with Gasteiger partial charge < -0.3 is 5.32 Å². The molecule has 6 nitrogen and oxygen atoms in total. The largest absolute Gasteiger partial charge is 0.322 e. The number of fused-ring (bicyclic) bond motifs is 3. The first-order chi connectivity index (χ1) is 13.3. The average molecular weight is 419 g/mol. The number of nitrogens with zero attached hydrogens (tertiary/aromatic N) is 1. The summed E-state index contributed by atoms with van der Waals surface area (Å²) in [6.07, 6.45) is 3.08. The molecule has 2 aromatic carbocycles. The molecule has 146 valence electrons. The molecule has 0 saturated heterocycles. The van der Waals surface area contributed by atoms with E-state index >= 15 is 0 Å². The van der Waals surface area contributed by atoms with Gasteiger partial charge >= 0.3 is 0 Å². The van der Waals surface area contributed by atoms with Crippen LogP contribution in [0.15, 0.2) is 35.2 Å². The van der Waals surface area contributed by atoms with E-state index in [0.29, 0.717) is 22.7 Å².